The maximum Gasteiger partial charge on any atom is 0.573 e. The van der Waals surface area contributed by atoms with Crippen LogP contribution in [0.5, 0.6) is 11.5 Å². The number of alkyl halides is 6. The Morgan fingerprint density at radius 2 is 1.27 bits per heavy atom. The van der Waals surface area contributed by atoms with Crippen LogP contribution in [0.2, 0.25) is 0 Å². The van der Waals surface area contributed by atoms with E-state index in [1.807, 2.05) is 0 Å². The first kappa shape index (κ1) is 23.7. The Morgan fingerprint density at radius 1 is 0.867 bits per heavy atom. The highest BCUT2D eigenvalue weighted by atomic mass is 32.2. The maximum absolute atomic E-state index is 12.6. The first-order valence-electron chi connectivity index (χ1n) is 8.28. The van der Waals surface area contributed by atoms with Crippen molar-refractivity contribution in [3.63, 3.8) is 0 Å². The van der Waals surface area contributed by atoms with E-state index in [4.69, 9.17) is 5.14 Å². The van der Waals surface area contributed by atoms with Gasteiger partial charge in [0.25, 0.3) is 0 Å². The van der Waals surface area contributed by atoms with Gasteiger partial charge in [0.05, 0.1) is 15.7 Å². The monoisotopic (exact) mass is 453 g/mol. The summed E-state index contributed by atoms with van der Waals surface area (Å²) in [6.45, 7) is 3.02. The molecule has 0 aliphatic rings. The van der Waals surface area contributed by atoms with Crippen LogP contribution < -0.4 is 14.6 Å². The van der Waals surface area contributed by atoms with E-state index < -0.39 is 40.0 Å². The standard InChI is InChI=1S/C19H17F6NO3S/c1-17(2,30(26)27)11-16(12-5-3-7-14(9-12)28-18(20,21)22)13-6-4-8-15(10-13)29-19(23,24)25/h3-11H,26H2,1-2H3. The van der Waals surface area contributed by atoms with Crippen molar-refractivity contribution in [3.8, 4) is 11.5 Å². The molecule has 0 saturated heterocycles. The maximum atomic E-state index is 12.6. The zero-order valence-corrected chi connectivity index (χ0v) is 16.5. The Balaban J connectivity index is 2.61. The summed E-state index contributed by atoms with van der Waals surface area (Å²) in [4.78, 5) is 0. The van der Waals surface area contributed by atoms with Crippen LogP contribution in [0.25, 0.3) is 5.57 Å². The number of ether oxygens (including phenoxy) is 2. The molecule has 164 valence electrons. The minimum Gasteiger partial charge on any atom is -0.406 e. The predicted molar refractivity (Wildman–Crippen MR) is 99.7 cm³/mol. The quantitative estimate of drug-likeness (QED) is 0.603. The van der Waals surface area contributed by atoms with Crippen molar-refractivity contribution in [1.82, 2.24) is 0 Å². The van der Waals surface area contributed by atoms with Gasteiger partial charge in [0.15, 0.2) is 0 Å². The zero-order chi connectivity index (χ0) is 22.7. The summed E-state index contributed by atoms with van der Waals surface area (Å²) in [6.07, 6.45) is -8.45. The van der Waals surface area contributed by atoms with Gasteiger partial charge < -0.3 is 9.47 Å². The van der Waals surface area contributed by atoms with E-state index in [1.54, 1.807) is 0 Å². The van der Waals surface area contributed by atoms with E-state index in [-0.39, 0.29) is 16.7 Å². The van der Waals surface area contributed by atoms with Gasteiger partial charge in [-0.15, -0.1) is 26.3 Å². The topological polar surface area (TPSA) is 61.6 Å². The molecule has 1 unspecified atom stereocenters. The molecule has 30 heavy (non-hydrogen) atoms. The summed E-state index contributed by atoms with van der Waals surface area (Å²) in [6, 6.07) is 9.70. The highest BCUT2D eigenvalue weighted by Crippen LogP contribution is 2.34. The lowest BCUT2D eigenvalue weighted by molar-refractivity contribution is -0.275. The molecule has 0 radical (unpaired) electrons. The molecule has 0 aliphatic heterocycles. The van der Waals surface area contributed by atoms with Crippen LogP contribution in [0.3, 0.4) is 0 Å². The van der Waals surface area contributed by atoms with Crippen molar-refractivity contribution >= 4 is 16.6 Å². The van der Waals surface area contributed by atoms with E-state index in [1.165, 1.54) is 44.2 Å². The SMILES string of the molecule is CC(C)(C=C(c1cccc(OC(F)(F)F)c1)c1cccc(OC(F)(F)F)c1)S(N)=O. The van der Waals surface area contributed by atoms with Crippen LogP contribution in [-0.4, -0.2) is 21.7 Å². The Labute approximate surface area is 170 Å². The van der Waals surface area contributed by atoms with Crippen molar-refractivity contribution < 1.29 is 40.0 Å². The lowest BCUT2D eigenvalue weighted by Crippen LogP contribution is -2.30. The van der Waals surface area contributed by atoms with E-state index in [0.29, 0.717) is 0 Å². The van der Waals surface area contributed by atoms with Gasteiger partial charge in [0, 0.05) is 0 Å². The molecule has 0 saturated carbocycles. The van der Waals surface area contributed by atoms with Gasteiger partial charge >= 0.3 is 12.7 Å². The van der Waals surface area contributed by atoms with Crippen molar-refractivity contribution in [2.24, 2.45) is 5.14 Å². The van der Waals surface area contributed by atoms with Crippen LogP contribution in [0.1, 0.15) is 25.0 Å². The molecule has 0 heterocycles. The van der Waals surface area contributed by atoms with Gasteiger partial charge in [-0.05, 0) is 54.8 Å². The minimum absolute atomic E-state index is 0.180. The van der Waals surface area contributed by atoms with Crippen molar-refractivity contribution in [3.05, 3.63) is 65.7 Å². The lowest BCUT2D eigenvalue weighted by Gasteiger charge is -2.20. The average Bonchev–Trinajstić information content (AvgIpc) is 2.57. The van der Waals surface area contributed by atoms with Crippen molar-refractivity contribution in [2.75, 3.05) is 0 Å². The summed E-state index contributed by atoms with van der Waals surface area (Å²) >= 11 is 0. The van der Waals surface area contributed by atoms with E-state index in [0.717, 1.165) is 24.3 Å². The second-order valence-corrected chi connectivity index (χ2v) is 8.26. The number of rotatable bonds is 6. The molecular weight excluding hydrogens is 436 g/mol. The summed E-state index contributed by atoms with van der Waals surface area (Å²) in [7, 11) is -1.89. The molecule has 2 rings (SSSR count). The number of halogens is 6. The Hall–Kier alpha value is -2.53. The number of hydrogen-bond donors (Lipinski definition) is 1. The summed E-state index contributed by atoms with van der Waals surface area (Å²) < 4.78 is 93.9. The molecule has 0 aliphatic carbocycles. The van der Waals surface area contributed by atoms with Gasteiger partial charge in [-0.2, -0.15) is 0 Å². The van der Waals surface area contributed by atoms with Crippen LogP contribution in [0.4, 0.5) is 26.3 Å². The molecule has 2 N–H and O–H groups in total. The Morgan fingerprint density at radius 3 is 1.60 bits per heavy atom. The van der Waals surface area contributed by atoms with Crippen molar-refractivity contribution in [2.45, 2.75) is 31.3 Å². The third-order valence-corrected chi connectivity index (χ3v) is 4.92. The number of benzene rings is 2. The van der Waals surface area contributed by atoms with Gasteiger partial charge in [-0.1, -0.05) is 30.3 Å². The largest absolute Gasteiger partial charge is 0.573 e. The minimum atomic E-state index is -4.93. The molecule has 0 bridgehead atoms. The summed E-state index contributed by atoms with van der Waals surface area (Å²) in [5.41, 5.74) is 0.554. The summed E-state index contributed by atoms with van der Waals surface area (Å²) in [5.74, 6) is -1.06. The van der Waals surface area contributed by atoms with Gasteiger partial charge in [-0.25, -0.2) is 4.21 Å². The molecule has 1 atom stereocenters. The fourth-order valence-corrected chi connectivity index (χ4v) is 2.69. The smallest absolute Gasteiger partial charge is 0.406 e. The molecule has 0 amide bonds. The molecule has 0 spiro atoms. The highest BCUT2D eigenvalue weighted by Gasteiger charge is 2.32. The third kappa shape index (κ3) is 7.06. The lowest BCUT2D eigenvalue weighted by atomic mass is 9.94. The first-order chi connectivity index (χ1) is 13.7. The molecule has 4 nitrogen and oxygen atoms in total. The van der Waals surface area contributed by atoms with Gasteiger partial charge in [0.1, 0.15) is 11.5 Å². The number of hydrogen-bond acceptors (Lipinski definition) is 3. The van der Waals surface area contributed by atoms with Crippen LogP contribution >= 0.6 is 0 Å². The molecule has 11 heteroatoms. The molecule has 2 aromatic rings. The van der Waals surface area contributed by atoms with Gasteiger partial charge in [0.2, 0.25) is 0 Å². The fourth-order valence-electron chi connectivity index (χ4n) is 2.46. The predicted octanol–water partition coefficient (Wildman–Crippen LogP) is 5.32. The molecular formula is C19H17F6NO3S. The third-order valence-electron chi connectivity index (χ3n) is 3.77. The zero-order valence-electron chi connectivity index (χ0n) is 15.7. The summed E-state index contributed by atoms with van der Waals surface area (Å²) in [5, 5.41) is 5.48. The molecule has 2 aromatic carbocycles. The van der Waals surface area contributed by atoms with Crippen LogP contribution in [0.15, 0.2) is 54.6 Å². The van der Waals surface area contributed by atoms with E-state index >= 15 is 0 Å². The van der Waals surface area contributed by atoms with Crippen molar-refractivity contribution in [1.29, 1.82) is 0 Å². The highest BCUT2D eigenvalue weighted by molar-refractivity contribution is 7.84. The molecule has 0 aromatic heterocycles. The van der Waals surface area contributed by atoms with E-state index in [2.05, 4.69) is 9.47 Å². The second-order valence-electron chi connectivity index (χ2n) is 6.61. The second kappa shape index (κ2) is 8.68. The van der Waals surface area contributed by atoms with Crippen LogP contribution in [-0.2, 0) is 11.0 Å². The number of nitrogens with two attached hydrogens (primary N) is 1. The Bertz CT molecular complexity index is 892. The van der Waals surface area contributed by atoms with E-state index in [9.17, 15) is 30.6 Å². The molecule has 0 fully saturated rings. The van der Waals surface area contributed by atoms with Gasteiger partial charge in [-0.3, -0.25) is 5.14 Å². The average molecular weight is 453 g/mol. The normalized spacial score (nSPS) is 13.5. The fraction of sp³-hybridized carbons (Fsp3) is 0.263. The first-order valence-corrected chi connectivity index (χ1v) is 9.49. The van der Waals surface area contributed by atoms with Crippen LogP contribution in [0, 0.1) is 0 Å². The Kier molecular flexibility index (Phi) is 6.87.